The maximum Gasteiger partial charge on any atom is 0.311 e. The number of rotatable bonds is 4. The number of fused-ring (bicyclic) bond motifs is 1. The molecule has 126 valence electrons. The zero-order valence-corrected chi connectivity index (χ0v) is 12.8. The molecule has 0 fully saturated rings. The number of amides is 1. The van der Waals surface area contributed by atoms with E-state index in [0.29, 0.717) is 22.6 Å². The molecule has 0 aromatic heterocycles. The SMILES string of the molecule is O=C1COc2ccc(C(=O)/C=C/c3ccc(O)c([N+](=O)[O-])c3)cc2N1. The topological polar surface area (TPSA) is 119 Å². The van der Waals surface area contributed by atoms with E-state index in [1.54, 1.807) is 12.1 Å². The first kappa shape index (κ1) is 16.2. The number of allylic oxidation sites excluding steroid dienone is 1. The highest BCUT2D eigenvalue weighted by Gasteiger charge is 2.17. The number of nitrogens with one attached hydrogen (secondary N) is 1. The van der Waals surface area contributed by atoms with E-state index < -0.39 is 16.4 Å². The molecule has 8 heteroatoms. The first-order chi connectivity index (χ1) is 11.9. The van der Waals surface area contributed by atoms with Gasteiger partial charge in [0.1, 0.15) is 5.75 Å². The first-order valence-corrected chi connectivity index (χ1v) is 7.20. The quantitative estimate of drug-likeness (QED) is 0.382. The fraction of sp³-hybridized carbons (Fsp3) is 0.0588. The van der Waals surface area contributed by atoms with Crippen LogP contribution in [0.15, 0.2) is 42.5 Å². The Bertz CT molecular complexity index is 919. The van der Waals surface area contributed by atoms with Crippen molar-refractivity contribution >= 4 is 29.1 Å². The number of phenolic OH excluding ortho intramolecular Hbond substituents is 1. The molecule has 2 N–H and O–H groups in total. The van der Waals surface area contributed by atoms with Crippen molar-refractivity contribution in [3.63, 3.8) is 0 Å². The molecule has 0 radical (unpaired) electrons. The van der Waals surface area contributed by atoms with E-state index in [0.717, 1.165) is 0 Å². The average molecular weight is 340 g/mol. The number of phenols is 1. The van der Waals surface area contributed by atoms with Crippen LogP contribution in [0.3, 0.4) is 0 Å². The molecule has 0 aliphatic carbocycles. The summed E-state index contributed by atoms with van der Waals surface area (Å²) in [6, 6.07) is 8.45. The van der Waals surface area contributed by atoms with Gasteiger partial charge in [-0.1, -0.05) is 12.1 Å². The van der Waals surface area contributed by atoms with Crippen molar-refractivity contribution < 1.29 is 24.4 Å². The van der Waals surface area contributed by atoms with Crippen molar-refractivity contribution in [3.8, 4) is 11.5 Å². The number of benzene rings is 2. The van der Waals surface area contributed by atoms with Crippen LogP contribution in [0.5, 0.6) is 11.5 Å². The normalized spacial score (nSPS) is 13.0. The lowest BCUT2D eigenvalue weighted by Gasteiger charge is -2.17. The molecule has 8 nitrogen and oxygen atoms in total. The summed E-state index contributed by atoms with van der Waals surface area (Å²) in [7, 11) is 0. The van der Waals surface area contributed by atoms with Crippen molar-refractivity contribution in [1.82, 2.24) is 0 Å². The number of hydrogen-bond acceptors (Lipinski definition) is 6. The molecule has 3 rings (SSSR count). The van der Waals surface area contributed by atoms with Gasteiger partial charge >= 0.3 is 5.69 Å². The summed E-state index contributed by atoms with van der Waals surface area (Å²) in [6.07, 6.45) is 2.66. The summed E-state index contributed by atoms with van der Waals surface area (Å²) in [5.41, 5.74) is 0.695. The number of hydrogen-bond donors (Lipinski definition) is 2. The van der Waals surface area contributed by atoms with Crippen molar-refractivity contribution in [1.29, 1.82) is 0 Å². The lowest BCUT2D eigenvalue weighted by molar-refractivity contribution is -0.385. The van der Waals surface area contributed by atoms with E-state index >= 15 is 0 Å². The smallest absolute Gasteiger partial charge is 0.311 e. The van der Waals surface area contributed by atoms with Crippen LogP contribution in [0.4, 0.5) is 11.4 Å². The Labute approximate surface area is 141 Å². The van der Waals surface area contributed by atoms with Gasteiger partial charge in [-0.15, -0.1) is 0 Å². The van der Waals surface area contributed by atoms with Crippen LogP contribution in [0, 0.1) is 10.1 Å². The summed E-state index contributed by atoms with van der Waals surface area (Å²) in [5.74, 6) is -0.615. The largest absolute Gasteiger partial charge is 0.502 e. The van der Waals surface area contributed by atoms with Gasteiger partial charge in [0.05, 0.1) is 10.6 Å². The number of ether oxygens (including phenoxy) is 1. The number of aromatic hydroxyl groups is 1. The molecule has 1 aliphatic rings. The molecular weight excluding hydrogens is 328 g/mol. The maximum absolute atomic E-state index is 12.2. The van der Waals surface area contributed by atoms with E-state index in [1.165, 1.54) is 36.4 Å². The van der Waals surface area contributed by atoms with E-state index in [1.807, 2.05) is 0 Å². The van der Waals surface area contributed by atoms with Gasteiger partial charge < -0.3 is 15.2 Å². The summed E-state index contributed by atoms with van der Waals surface area (Å²) in [5, 5.41) is 22.8. The summed E-state index contributed by atoms with van der Waals surface area (Å²) in [4.78, 5) is 33.7. The minimum atomic E-state index is -0.708. The Morgan fingerprint density at radius 2 is 2.08 bits per heavy atom. The number of nitrogens with zero attached hydrogens (tertiary/aromatic N) is 1. The van der Waals surface area contributed by atoms with Crippen molar-refractivity contribution in [3.05, 3.63) is 63.7 Å². The number of anilines is 1. The molecule has 0 spiro atoms. The van der Waals surface area contributed by atoms with Gasteiger partial charge in [0.25, 0.3) is 5.91 Å². The molecule has 1 heterocycles. The monoisotopic (exact) mass is 340 g/mol. The highest BCUT2D eigenvalue weighted by molar-refractivity contribution is 6.08. The van der Waals surface area contributed by atoms with E-state index in [4.69, 9.17) is 4.74 Å². The maximum atomic E-state index is 12.2. The third-order valence-corrected chi connectivity index (χ3v) is 3.52. The van der Waals surface area contributed by atoms with Crippen LogP contribution in [0.2, 0.25) is 0 Å². The Morgan fingerprint density at radius 1 is 1.28 bits per heavy atom. The molecule has 1 amide bonds. The third kappa shape index (κ3) is 3.47. The Balaban J connectivity index is 1.82. The predicted molar refractivity (Wildman–Crippen MR) is 88.7 cm³/mol. The van der Waals surface area contributed by atoms with Crippen LogP contribution < -0.4 is 10.1 Å². The fourth-order valence-corrected chi connectivity index (χ4v) is 2.29. The van der Waals surface area contributed by atoms with E-state index in [9.17, 15) is 24.8 Å². The lowest BCUT2D eigenvalue weighted by Crippen LogP contribution is -2.25. The van der Waals surface area contributed by atoms with E-state index in [-0.39, 0.29) is 18.3 Å². The van der Waals surface area contributed by atoms with E-state index in [2.05, 4.69) is 5.32 Å². The van der Waals surface area contributed by atoms with Gasteiger partial charge in [-0.05, 0) is 35.9 Å². The van der Waals surface area contributed by atoms with Crippen molar-refractivity contribution in [2.24, 2.45) is 0 Å². The van der Waals surface area contributed by atoms with Crippen LogP contribution in [0.25, 0.3) is 6.08 Å². The fourth-order valence-electron chi connectivity index (χ4n) is 2.29. The second kappa shape index (κ2) is 6.44. The minimum absolute atomic E-state index is 0.0696. The molecule has 1 aliphatic heterocycles. The number of ketones is 1. The highest BCUT2D eigenvalue weighted by atomic mass is 16.6. The van der Waals surface area contributed by atoms with Gasteiger partial charge in [-0.2, -0.15) is 0 Å². The molecule has 0 saturated carbocycles. The zero-order chi connectivity index (χ0) is 18.0. The molecule has 2 aromatic carbocycles. The molecule has 2 aromatic rings. The standard InChI is InChI=1S/C17H12N2O6/c20-14(4-1-10-2-5-15(21)13(7-10)19(23)24)11-3-6-16-12(8-11)18-17(22)9-25-16/h1-8,21H,9H2,(H,18,22)/b4-1+. The molecule has 25 heavy (non-hydrogen) atoms. The Morgan fingerprint density at radius 3 is 2.84 bits per heavy atom. The van der Waals surface area contributed by atoms with Gasteiger partial charge in [0.2, 0.25) is 0 Å². The number of carbonyl (C=O) groups excluding carboxylic acids is 2. The molecule has 0 bridgehead atoms. The van der Waals surface area contributed by atoms with Crippen LogP contribution in [-0.4, -0.2) is 28.3 Å². The van der Waals surface area contributed by atoms with Gasteiger partial charge in [0.15, 0.2) is 18.1 Å². The molecule has 0 saturated heterocycles. The van der Waals surface area contributed by atoms with Crippen LogP contribution in [0.1, 0.15) is 15.9 Å². The lowest BCUT2D eigenvalue weighted by atomic mass is 10.1. The summed E-state index contributed by atoms with van der Waals surface area (Å²) >= 11 is 0. The predicted octanol–water partition coefficient (Wildman–Crippen LogP) is 2.53. The molecule has 0 unspecified atom stereocenters. The van der Waals surface area contributed by atoms with Crippen molar-refractivity contribution in [2.75, 3.05) is 11.9 Å². The number of carbonyl (C=O) groups is 2. The second-order valence-corrected chi connectivity index (χ2v) is 5.25. The summed E-state index contributed by atoms with van der Waals surface area (Å²) in [6.45, 7) is -0.0696. The summed E-state index contributed by atoms with van der Waals surface area (Å²) < 4.78 is 5.22. The molecular formula is C17H12N2O6. The molecule has 0 atom stereocenters. The van der Waals surface area contributed by atoms with Gasteiger partial charge in [-0.25, -0.2) is 0 Å². The number of nitro groups is 1. The first-order valence-electron chi connectivity index (χ1n) is 7.20. The Hall–Kier alpha value is -3.68. The van der Waals surface area contributed by atoms with Crippen LogP contribution >= 0.6 is 0 Å². The van der Waals surface area contributed by atoms with Gasteiger partial charge in [-0.3, -0.25) is 19.7 Å². The van der Waals surface area contributed by atoms with Crippen LogP contribution in [-0.2, 0) is 4.79 Å². The second-order valence-electron chi connectivity index (χ2n) is 5.25. The minimum Gasteiger partial charge on any atom is -0.502 e. The highest BCUT2D eigenvalue weighted by Crippen LogP contribution is 2.29. The van der Waals surface area contributed by atoms with Crippen molar-refractivity contribution in [2.45, 2.75) is 0 Å². The third-order valence-electron chi connectivity index (χ3n) is 3.52. The average Bonchev–Trinajstić information content (AvgIpc) is 2.59. The zero-order valence-electron chi connectivity index (χ0n) is 12.8. The number of nitro benzene ring substituents is 1. The van der Waals surface area contributed by atoms with Gasteiger partial charge in [0, 0.05) is 11.6 Å². The Kier molecular flexibility index (Phi) is 4.17.